The molecule has 2 rings (SSSR count). The summed E-state index contributed by atoms with van der Waals surface area (Å²) in [4.78, 5) is 47.5. The van der Waals surface area contributed by atoms with Crippen LogP contribution in [0.15, 0.2) is 36.4 Å². The number of esters is 2. The van der Waals surface area contributed by atoms with Crippen molar-refractivity contribution >= 4 is 23.9 Å². The highest BCUT2D eigenvalue weighted by Crippen LogP contribution is 2.24. The van der Waals surface area contributed by atoms with Crippen molar-refractivity contribution in [2.75, 3.05) is 13.2 Å². The lowest BCUT2D eigenvalue weighted by atomic mass is 9.90. The maximum absolute atomic E-state index is 12.4. The lowest BCUT2D eigenvalue weighted by Gasteiger charge is -2.14. The quantitative estimate of drug-likeness (QED) is 0.0820. The molecule has 50 heavy (non-hydrogen) atoms. The molecule has 8 nitrogen and oxygen atoms in total. The fourth-order valence-corrected chi connectivity index (χ4v) is 5.69. The highest BCUT2D eigenvalue weighted by Gasteiger charge is 2.22. The first-order valence-electron chi connectivity index (χ1n) is 19.0. The number of aromatic carboxylic acids is 2. The van der Waals surface area contributed by atoms with Gasteiger partial charge in [-0.3, -0.25) is 0 Å². The van der Waals surface area contributed by atoms with Crippen LogP contribution in [-0.4, -0.2) is 47.3 Å². The predicted octanol–water partition coefficient (Wildman–Crippen LogP) is 11.0. The molecule has 0 fully saturated rings. The molecule has 280 valence electrons. The van der Waals surface area contributed by atoms with Gasteiger partial charge in [0, 0.05) is 0 Å². The Morgan fingerprint density at radius 2 is 1.02 bits per heavy atom. The third-order valence-corrected chi connectivity index (χ3v) is 8.62. The zero-order valence-electron chi connectivity index (χ0n) is 31.7. The van der Waals surface area contributed by atoms with Crippen molar-refractivity contribution in [2.45, 2.75) is 144 Å². The van der Waals surface area contributed by atoms with Gasteiger partial charge in [-0.15, -0.1) is 0 Å². The lowest BCUT2D eigenvalue weighted by Crippen LogP contribution is -2.15. The van der Waals surface area contributed by atoms with Crippen LogP contribution in [-0.2, 0) is 22.3 Å². The van der Waals surface area contributed by atoms with Crippen LogP contribution in [0.1, 0.15) is 184 Å². The molecule has 0 aliphatic rings. The monoisotopic (exact) mass is 696 g/mol. The van der Waals surface area contributed by atoms with Crippen molar-refractivity contribution in [3.05, 3.63) is 69.8 Å². The number of benzene rings is 2. The second-order valence-electron chi connectivity index (χ2n) is 14.0. The highest BCUT2D eigenvalue weighted by molar-refractivity contribution is 6.03. The maximum Gasteiger partial charge on any atom is 0.339 e. The van der Waals surface area contributed by atoms with Crippen molar-refractivity contribution in [1.82, 2.24) is 0 Å². The smallest absolute Gasteiger partial charge is 0.339 e. The Morgan fingerprint density at radius 3 is 1.44 bits per heavy atom. The summed E-state index contributed by atoms with van der Waals surface area (Å²) in [5.74, 6) is -1.74. The number of aryl methyl sites for hydroxylation is 1. The van der Waals surface area contributed by atoms with Crippen LogP contribution in [0.3, 0.4) is 0 Å². The van der Waals surface area contributed by atoms with Gasteiger partial charge in [0.05, 0.1) is 35.5 Å². The minimum atomic E-state index is -1.18. The van der Waals surface area contributed by atoms with Gasteiger partial charge < -0.3 is 19.7 Å². The van der Waals surface area contributed by atoms with Crippen molar-refractivity contribution in [3.8, 4) is 0 Å². The number of rotatable bonds is 24. The molecule has 8 heteroatoms. The second-order valence-corrected chi connectivity index (χ2v) is 14.0. The van der Waals surface area contributed by atoms with Gasteiger partial charge >= 0.3 is 23.9 Å². The standard InChI is InChI=1S/C26H42O4.C16H22O4/c1-21(2)15-9-5-7-13-19-29-25(27)23-17-11-12-18-24(23)26(28)30-20-14-8-6-10-16-22(3)4;1-3-5-7-11-9-10-13(15(17)18)14(16(19)20)12(11)8-6-4-2/h11-12,17-18,21-22H,5-10,13-16,19-20H2,1-4H3;9-10H,3-8H2,1-2H3,(H,17,18)(H,19,20). The van der Waals surface area contributed by atoms with E-state index in [-0.39, 0.29) is 11.1 Å². The van der Waals surface area contributed by atoms with E-state index < -0.39 is 23.9 Å². The summed E-state index contributed by atoms with van der Waals surface area (Å²) >= 11 is 0. The van der Waals surface area contributed by atoms with Gasteiger partial charge in [0.25, 0.3) is 0 Å². The molecule has 2 N–H and O–H groups in total. The SMILES string of the molecule is CC(C)CCCCCCOC(=O)c1ccccc1C(=O)OCCCCCCC(C)C.CCCCc1ccc(C(=O)O)c(C(=O)O)c1CCCC. The molecule has 2 aromatic carbocycles. The number of carbonyl (C=O) groups is 4. The molecular formula is C42H64O8. The van der Waals surface area contributed by atoms with E-state index in [9.17, 15) is 24.3 Å². The molecule has 0 radical (unpaired) electrons. The van der Waals surface area contributed by atoms with E-state index in [2.05, 4.69) is 34.6 Å². The average molecular weight is 697 g/mol. The topological polar surface area (TPSA) is 127 Å². The van der Waals surface area contributed by atoms with Gasteiger partial charge in [-0.25, -0.2) is 19.2 Å². The molecule has 2 aromatic rings. The van der Waals surface area contributed by atoms with Crippen molar-refractivity contribution < 1.29 is 38.9 Å². The van der Waals surface area contributed by atoms with Crippen molar-refractivity contribution in [3.63, 3.8) is 0 Å². The third kappa shape index (κ3) is 17.8. The van der Waals surface area contributed by atoms with Crippen LogP contribution in [0, 0.1) is 11.8 Å². The molecule has 0 saturated carbocycles. The predicted molar refractivity (Wildman–Crippen MR) is 200 cm³/mol. The first-order chi connectivity index (χ1) is 23.9. The van der Waals surface area contributed by atoms with Crippen LogP contribution in [0.2, 0.25) is 0 Å². The molecule has 0 atom stereocenters. The number of carboxylic acids is 2. The van der Waals surface area contributed by atoms with Gasteiger partial charge in [-0.2, -0.15) is 0 Å². The highest BCUT2D eigenvalue weighted by atomic mass is 16.5. The van der Waals surface area contributed by atoms with Crippen molar-refractivity contribution in [2.24, 2.45) is 11.8 Å². The molecule has 0 aromatic heterocycles. The summed E-state index contributed by atoms with van der Waals surface area (Å²) < 4.78 is 10.8. The second kappa shape index (κ2) is 26.2. The Labute approximate surface area is 301 Å². The molecule has 0 aliphatic carbocycles. The number of ether oxygens (including phenoxy) is 2. The zero-order chi connectivity index (χ0) is 37.3. The Balaban J connectivity index is 0.000000542. The van der Waals surface area contributed by atoms with E-state index in [0.29, 0.717) is 36.3 Å². The van der Waals surface area contributed by atoms with Gasteiger partial charge in [0.2, 0.25) is 0 Å². The van der Waals surface area contributed by atoms with E-state index in [1.807, 2.05) is 6.92 Å². The minimum Gasteiger partial charge on any atom is -0.478 e. The Morgan fingerprint density at radius 1 is 0.560 bits per heavy atom. The molecule has 0 bridgehead atoms. The molecule has 0 amide bonds. The van der Waals surface area contributed by atoms with Crippen LogP contribution in [0.4, 0.5) is 0 Å². The number of unbranched alkanes of at least 4 members (excludes halogenated alkanes) is 8. The summed E-state index contributed by atoms with van der Waals surface area (Å²) in [7, 11) is 0. The van der Waals surface area contributed by atoms with E-state index in [1.54, 1.807) is 30.3 Å². The average Bonchev–Trinajstić information content (AvgIpc) is 3.08. The van der Waals surface area contributed by atoms with Crippen LogP contribution in [0.25, 0.3) is 0 Å². The van der Waals surface area contributed by atoms with Crippen LogP contribution < -0.4 is 0 Å². The molecule has 0 unspecified atom stereocenters. The minimum absolute atomic E-state index is 0.0282. The number of hydrogen-bond acceptors (Lipinski definition) is 6. The van der Waals surface area contributed by atoms with Gasteiger partial charge in [-0.05, 0) is 79.7 Å². The summed E-state index contributed by atoms with van der Waals surface area (Å²) in [6.45, 7) is 13.8. The van der Waals surface area contributed by atoms with Crippen LogP contribution in [0.5, 0.6) is 0 Å². The number of hydrogen-bond donors (Lipinski definition) is 2. The number of carbonyl (C=O) groups excluding carboxylic acids is 2. The molecule has 0 spiro atoms. The van der Waals surface area contributed by atoms with Gasteiger partial charge in [0.15, 0.2) is 0 Å². The Kier molecular flexibility index (Phi) is 23.2. The first kappa shape index (κ1) is 44.3. The summed E-state index contributed by atoms with van der Waals surface area (Å²) in [5, 5.41) is 18.5. The molecular weight excluding hydrogens is 632 g/mol. The van der Waals surface area contributed by atoms with Gasteiger partial charge in [-0.1, -0.05) is 124 Å². The molecule has 0 aliphatic heterocycles. The van der Waals surface area contributed by atoms with Crippen molar-refractivity contribution in [1.29, 1.82) is 0 Å². The lowest BCUT2D eigenvalue weighted by molar-refractivity contribution is 0.0450. The van der Waals surface area contributed by atoms with E-state index >= 15 is 0 Å². The normalized spacial score (nSPS) is 10.9. The van der Waals surface area contributed by atoms with Crippen LogP contribution >= 0.6 is 0 Å². The van der Waals surface area contributed by atoms with E-state index in [4.69, 9.17) is 14.6 Å². The Hall–Kier alpha value is -3.68. The third-order valence-electron chi connectivity index (χ3n) is 8.62. The summed E-state index contributed by atoms with van der Waals surface area (Å²) in [6, 6.07) is 9.95. The first-order valence-corrected chi connectivity index (χ1v) is 19.0. The van der Waals surface area contributed by atoms with Gasteiger partial charge in [0.1, 0.15) is 0 Å². The summed E-state index contributed by atoms with van der Waals surface area (Å²) in [6.07, 6.45) is 16.3. The summed E-state index contributed by atoms with van der Waals surface area (Å²) in [5.41, 5.74) is 2.12. The fourth-order valence-electron chi connectivity index (χ4n) is 5.69. The van der Waals surface area contributed by atoms with E-state index in [1.165, 1.54) is 31.7 Å². The van der Waals surface area contributed by atoms with E-state index in [0.717, 1.165) is 88.0 Å². The largest absolute Gasteiger partial charge is 0.478 e. The Bertz CT molecular complexity index is 1240. The number of carboxylic acid groups (broad SMARTS) is 2. The zero-order valence-corrected chi connectivity index (χ0v) is 31.7. The molecule has 0 heterocycles. The fraction of sp³-hybridized carbons (Fsp3) is 0.619. The molecule has 0 saturated heterocycles. The maximum atomic E-state index is 12.4.